The van der Waals surface area contributed by atoms with Gasteiger partial charge in [-0.1, -0.05) is 26.0 Å². The number of hydrogen-bond donors (Lipinski definition) is 2. The van der Waals surface area contributed by atoms with Crippen LogP contribution in [-0.4, -0.2) is 16.9 Å². The fourth-order valence-corrected chi connectivity index (χ4v) is 2.01. The monoisotopic (exact) mass is 287 g/mol. The molecule has 2 N–H and O–H groups in total. The summed E-state index contributed by atoms with van der Waals surface area (Å²) in [5.74, 6) is 0.479. The van der Waals surface area contributed by atoms with Crippen LogP contribution < -0.4 is 10.6 Å². The second-order valence-electron chi connectivity index (χ2n) is 5.34. The third-order valence-corrected chi connectivity index (χ3v) is 3.01. The van der Waals surface area contributed by atoms with Crippen molar-refractivity contribution in [2.75, 3.05) is 5.32 Å². The maximum atomic E-state index is 12.2. The van der Waals surface area contributed by atoms with E-state index in [1.54, 1.807) is 13.8 Å². The van der Waals surface area contributed by atoms with Gasteiger partial charge in [0.1, 0.15) is 0 Å². The molecule has 0 aliphatic rings. The summed E-state index contributed by atoms with van der Waals surface area (Å²) in [6, 6.07) is 8.17. The van der Waals surface area contributed by atoms with Crippen molar-refractivity contribution < 1.29 is 9.21 Å². The molecule has 1 heterocycles. The van der Waals surface area contributed by atoms with Crippen LogP contribution in [0, 0.1) is 13.8 Å². The van der Waals surface area contributed by atoms with E-state index in [-0.39, 0.29) is 11.7 Å². The Hall–Kier alpha value is -2.14. The minimum atomic E-state index is -0.276. The molecule has 0 saturated heterocycles. The number of carbonyl (C=O) groups excluding carboxylic acids is 1. The van der Waals surface area contributed by atoms with E-state index in [0.717, 1.165) is 17.8 Å². The lowest BCUT2D eigenvalue weighted by Gasteiger charge is -2.10. The van der Waals surface area contributed by atoms with E-state index in [1.165, 1.54) is 0 Å². The molecule has 21 heavy (non-hydrogen) atoms. The number of amides is 1. The average Bonchev–Trinajstić information content (AvgIpc) is 2.76. The van der Waals surface area contributed by atoms with E-state index in [9.17, 15) is 4.79 Å². The van der Waals surface area contributed by atoms with E-state index < -0.39 is 0 Å². The van der Waals surface area contributed by atoms with Crippen molar-refractivity contribution >= 4 is 11.6 Å². The molecule has 0 atom stereocenters. The fraction of sp³-hybridized carbons (Fsp3) is 0.375. The molecule has 1 amide bonds. The number of hydrogen-bond acceptors (Lipinski definition) is 4. The van der Waals surface area contributed by atoms with E-state index >= 15 is 0 Å². The van der Waals surface area contributed by atoms with Crippen LogP contribution in [0.1, 0.15) is 41.6 Å². The van der Waals surface area contributed by atoms with Crippen molar-refractivity contribution in [1.29, 1.82) is 0 Å². The average molecular weight is 287 g/mol. The van der Waals surface area contributed by atoms with E-state index in [0.29, 0.717) is 17.6 Å². The highest BCUT2D eigenvalue weighted by Gasteiger charge is 2.16. The number of aromatic nitrogens is 1. The molecule has 5 nitrogen and oxygen atoms in total. The number of benzene rings is 1. The van der Waals surface area contributed by atoms with Crippen LogP contribution in [0.2, 0.25) is 0 Å². The van der Waals surface area contributed by atoms with Gasteiger partial charge in [0.15, 0.2) is 5.89 Å². The molecule has 1 aromatic carbocycles. The second-order valence-corrected chi connectivity index (χ2v) is 5.34. The smallest absolute Gasteiger partial charge is 0.293 e. The van der Waals surface area contributed by atoms with Crippen LogP contribution in [0.15, 0.2) is 28.7 Å². The van der Waals surface area contributed by atoms with Gasteiger partial charge in [0.05, 0.1) is 5.69 Å². The molecule has 0 saturated carbocycles. The number of oxazole rings is 1. The normalized spacial score (nSPS) is 10.9. The third kappa shape index (κ3) is 4.16. The standard InChI is InChI=1S/C16H21N3O2/c1-10(2)17-9-13-6-5-7-14(8-13)19-16(20)15-11(3)18-12(4)21-15/h5-8,10,17H,9H2,1-4H3,(H,19,20). The number of carbonyl (C=O) groups is 1. The fourth-order valence-electron chi connectivity index (χ4n) is 2.01. The summed E-state index contributed by atoms with van der Waals surface area (Å²) in [7, 11) is 0. The molecular formula is C16H21N3O2. The van der Waals surface area contributed by atoms with E-state index in [2.05, 4.69) is 29.5 Å². The predicted octanol–water partition coefficient (Wildman–Crippen LogP) is 3.04. The summed E-state index contributed by atoms with van der Waals surface area (Å²) in [6.07, 6.45) is 0. The molecule has 1 aromatic heterocycles. The van der Waals surface area contributed by atoms with Crippen molar-refractivity contribution in [3.63, 3.8) is 0 Å². The maximum Gasteiger partial charge on any atom is 0.293 e. The zero-order valence-electron chi connectivity index (χ0n) is 12.9. The number of nitrogens with zero attached hydrogens (tertiary/aromatic N) is 1. The molecule has 5 heteroatoms. The number of anilines is 1. The molecule has 0 bridgehead atoms. The van der Waals surface area contributed by atoms with Gasteiger partial charge >= 0.3 is 0 Å². The maximum absolute atomic E-state index is 12.2. The highest BCUT2D eigenvalue weighted by atomic mass is 16.4. The van der Waals surface area contributed by atoms with Gasteiger partial charge in [0, 0.05) is 25.2 Å². The van der Waals surface area contributed by atoms with Gasteiger partial charge in [-0.05, 0) is 24.6 Å². The van der Waals surface area contributed by atoms with Crippen LogP contribution in [0.3, 0.4) is 0 Å². The summed E-state index contributed by atoms with van der Waals surface area (Å²) >= 11 is 0. The largest absolute Gasteiger partial charge is 0.436 e. The molecule has 0 spiro atoms. The molecule has 0 radical (unpaired) electrons. The van der Waals surface area contributed by atoms with Crippen LogP contribution in [0.5, 0.6) is 0 Å². The minimum Gasteiger partial charge on any atom is -0.436 e. The summed E-state index contributed by atoms with van der Waals surface area (Å²) < 4.78 is 5.32. The lowest BCUT2D eigenvalue weighted by atomic mass is 10.2. The Balaban J connectivity index is 2.07. The van der Waals surface area contributed by atoms with Gasteiger partial charge in [0.2, 0.25) is 5.76 Å². The lowest BCUT2D eigenvalue weighted by Crippen LogP contribution is -2.21. The summed E-state index contributed by atoms with van der Waals surface area (Å²) in [5.41, 5.74) is 2.46. The zero-order chi connectivity index (χ0) is 15.4. The first kappa shape index (κ1) is 15.3. The van der Waals surface area contributed by atoms with Gasteiger partial charge in [-0.2, -0.15) is 0 Å². The van der Waals surface area contributed by atoms with Crippen molar-refractivity contribution in [3.05, 3.63) is 47.2 Å². The number of nitrogens with one attached hydrogen (secondary N) is 2. The Morgan fingerprint density at radius 3 is 2.71 bits per heavy atom. The van der Waals surface area contributed by atoms with Gasteiger partial charge < -0.3 is 15.1 Å². The van der Waals surface area contributed by atoms with Crippen molar-refractivity contribution in [2.45, 2.75) is 40.3 Å². The van der Waals surface area contributed by atoms with Gasteiger partial charge in [-0.25, -0.2) is 4.98 Å². The number of rotatable bonds is 5. The highest BCUT2D eigenvalue weighted by Crippen LogP contribution is 2.15. The van der Waals surface area contributed by atoms with Crippen LogP contribution in [0.4, 0.5) is 5.69 Å². The first-order chi connectivity index (χ1) is 9.95. The van der Waals surface area contributed by atoms with Gasteiger partial charge in [-0.3, -0.25) is 4.79 Å². The lowest BCUT2D eigenvalue weighted by molar-refractivity contribution is 0.0994. The van der Waals surface area contributed by atoms with Crippen molar-refractivity contribution in [2.24, 2.45) is 0 Å². The van der Waals surface area contributed by atoms with Crippen LogP contribution in [-0.2, 0) is 6.54 Å². The second kappa shape index (κ2) is 6.54. The quantitative estimate of drug-likeness (QED) is 0.887. The van der Waals surface area contributed by atoms with E-state index in [1.807, 2.05) is 24.3 Å². The zero-order valence-corrected chi connectivity index (χ0v) is 12.9. The topological polar surface area (TPSA) is 67.2 Å². The van der Waals surface area contributed by atoms with Gasteiger partial charge in [0.25, 0.3) is 5.91 Å². The number of aryl methyl sites for hydroxylation is 2. The molecule has 2 aromatic rings. The molecule has 2 rings (SSSR count). The molecule has 112 valence electrons. The Bertz CT molecular complexity index is 632. The Morgan fingerprint density at radius 1 is 1.33 bits per heavy atom. The molecule has 0 fully saturated rings. The molecule has 0 unspecified atom stereocenters. The molecular weight excluding hydrogens is 266 g/mol. The van der Waals surface area contributed by atoms with Crippen LogP contribution in [0.25, 0.3) is 0 Å². The predicted molar refractivity (Wildman–Crippen MR) is 82.3 cm³/mol. The summed E-state index contributed by atoms with van der Waals surface area (Å²) in [6.45, 7) is 8.44. The molecule has 0 aliphatic heterocycles. The summed E-state index contributed by atoms with van der Waals surface area (Å²) in [5, 5.41) is 6.19. The molecule has 0 aliphatic carbocycles. The Morgan fingerprint density at radius 2 is 2.10 bits per heavy atom. The Labute approximate surface area is 124 Å². The Kier molecular flexibility index (Phi) is 4.75. The first-order valence-corrected chi connectivity index (χ1v) is 7.03. The third-order valence-electron chi connectivity index (χ3n) is 3.01. The van der Waals surface area contributed by atoms with Crippen molar-refractivity contribution in [3.8, 4) is 0 Å². The highest BCUT2D eigenvalue weighted by molar-refractivity contribution is 6.02. The minimum absolute atomic E-state index is 0.262. The van der Waals surface area contributed by atoms with Crippen molar-refractivity contribution in [1.82, 2.24) is 10.3 Å². The van der Waals surface area contributed by atoms with Gasteiger partial charge in [-0.15, -0.1) is 0 Å². The summed E-state index contributed by atoms with van der Waals surface area (Å²) in [4.78, 5) is 16.3. The SMILES string of the molecule is Cc1nc(C)c(C(=O)Nc2cccc(CNC(C)C)c2)o1. The van der Waals surface area contributed by atoms with E-state index in [4.69, 9.17) is 4.42 Å². The van der Waals surface area contributed by atoms with Crippen LogP contribution >= 0.6 is 0 Å². The first-order valence-electron chi connectivity index (χ1n) is 7.03.